The third-order valence-corrected chi connectivity index (χ3v) is 3.34. The van der Waals surface area contributed by atoms with Crippen LogP contribution in [0.2, 0.25) is 0 Å². The lowest BCUT2D eigenvalue weighted by molar-refractivity contribution is 0.455. The summed E-state index contributed by atoms with van der Waals surface area (Å²) in [6.07, 6.45) is 0. The van der Waals surface area contributed by atoms with Crippen molar-refractivity contribution in [3.05, 3.63) is 97.1 Å². The normalized spacial score (nSPS) is 9.38. The maximum absolute atomic E-state index is 9.39. The van der Waals surface area contributed by atoms with Crippen LogP contribution in [0.5, 0.6) is 23.0 Å². The molecule has 0 aliphatic carbocycles. The highest BCUT2D eigenvalue weighted by Gasteiger charge is 1.99. The van der Waals surface area contributed by atoms with Crippen molar-refractivity contribution in [2.45, 2.75) is 0 Å². The van der Waals surface area contributed by atoms with Gasteiger partial charge in [0.2, 0.25) is 0 Å². The molecule has 4 aromatic carbocycles. The second-order valence-corrected chi connectivity index (χ2v) is 5.36. The van der Waals surface area contributed by atoms with Crippen molar-refractivity contribution in [3.63, 3.8) is 0 Å². The second kappa shape index (κ2) is 9.59. The van der Waals surface area contributed by atoms with Crippen LogP contribution in [-0.2, 0) is 0 Å². The van der Waals surface area contributed by atoms with Crippen LogP contribution in [0.3, 0.4) is 0 Å². The van der Waals surface area contributed by atoms with Crippen LogP contribution >= 0.6 is 0 Å². The zero-order valence-electron chi connectivity index (χ0n) is 14.0. The van der Waals surface area contributed by atoms with Gasteiger partial charge < -0.3 is 20.4 Å². The number of para-hydroxylation sites is 2. The van der Waals surface area contributed by atoms with E-state index in [1.165, 1.54) is 6.07 Å². The quantitative estimate of drug-likeness (QED) is 0.359. The molecule has 0 atom stereocenters. The number of aromatic hydroxyl groups is 4. The highest BCUT2D eigenvalue weighted by atomic mass is 16.3. The van der Waals surface area contributed by atoms with Gasteiger partial charge in [0.25, 0.3) is 0 Å². The molecule has 0 heterocycles. The minimum absolute atomic E-state index is 0.0891. The average molecular weight is 348 g/mol. The van der Waals surface area contributed by atoms with Crippen molar-refractivity contribution < 1.29 is 20.4 Å². The smallest absolute Gasteiger partial charge is 0.127 e. The van der Waals surface area contributed by atoms with Gasteiger partial charge in [-0.1, -0.05) is 60.7 Å². The van der Waals surface area contributed by atoms with Crippen LogP contribution in [0.15, 0.2) is 97.1 Å². The molecule has 4 heteroatoms. The molecule has 4 nitrogen and oxygen atoms in total. The minimum atomic E-state index is 0.0891. The van der Waals surface area contributed by atoms with Gasteiger partial charge in [-0.25, -0.2) is 0 Å². The van der Waals surface area contributed by atoms with Crippen LogP contribution in [0, 0.1) is 0 Å². The Balaban J connectivity index is 0.000000150. The number of benzene rings is 4. The molecule has 0 fully saturated rings. The van der Waals surface area contributed by atoms with E-state index in [0.29, 0.717) is 11.5 Å². The van der Waals surface area contributed by atoms with E-state index in [2.05, 4.69) is 0 Å². The summed E-state index contributed by atoms with van der Waals surface area (Å²) in [5.41, 5.74) is 0. The molecule has 4 N–H and O–H groups in total. The summed E-state index contributed by atoms with van der Waals surface area (Å²) in [5, 5.41) is 37.4. The van der Waals surface area contributed by atoms with Crippen LogP contribution in [0.1, 0.15) is 0 Å². The first-order chi connectivity index (χ1) is 12.6. The number of phenols is 4. The van der Waals surface area contributed by atoms with Crippen molar-refractivity contribution in [3.8, 4) is 23.0 Å². The van der Waals surface area contributed by atoms with E-state index in [9.17, 15) is 5.11 Å². The topological polar surface area (TPSA) is 80.9 Å². The fraction of sp³-hybridized carbons (Fsp3) is 0. The zero-order chi connectivity index (χ0) is 18.8. The summed E-state index contributed by atoms with van der Waals surface area (Å²) < 4.78 is 0. The Bertz CT molecular complexity index is 885. The van der Waals surface area contributed by atoms with Crippen LogP contribution in [0.4, 0.5) is 0 Å². The van der Waals surface area contributed by atoms with Gasteiger partial charge in [0, 0.05) is 11.5 Å². The lowest BCUT2D eigenvalue weighted by Crippen LogP contribution is -1.73. The first-order valence-corrected chi connectivity index (χ1v) is 7.95. The molecule has 0 aliphatic rings. The van der Waals surface area contributed by atoms with E-state index in [-0.39, 0.29) is 11.5 Å². The van der Waals surface area contributed by atoms with E-state index < -0.39 is 0 Å². The Morgan fingerprint density at radius 1 is 0.423 bits per heavy atom. The fourth-order valence-corrected chi connectivity index (χ4v) is 2.13. The summed E-state index contributed by atoms with van der Waals surface area (Å²) in [5.74, 6) is 0.849. The van der Waals surface area contributed by atoms with Crippen LogP contribution in [-0.4, -0.2) is 20.4 Å². The molecule has 0 bridgehead atoms. The van der Waals surface area contributed by atoms with Gasteiger partial charge in [0.05, 0.1) is 0 Å². The molecule has 0 aliphatic heterocycles. The highest BCUT2D eigenvalue weighted by Crippen LogP contribution is 2.28. The molecule has 0 saturated heterocycles. The van der Waals surface area contributed by atoms with Crippen molar-refractivity contribution in [1.29, 1.82) is 0 Å². The number of rotatable bonds is 0. The molecule has 26 heavy (non-hydrogen) atoms. The largest absolute Gasteiger partial charge is 0.508 e. The Labute approximate surface area is 151 Å². The zero-order valence-corrected chi connectivity index (χ0v) is 14.0. The molecule has 0 saturated carbocycles. The maximum atomic E-state index is 9.39. The van der Waals surface area contributed by atoms with E-state index in [4.69, 9.17) is 15.3 Å². The van der Waals surface area contributed by atoms with Gasteiger partial charge >= 0.3 is 0 Å². The Hall–Kier alpha value is -3.66. The third kappa shape index (κ3) is 6.09. The molecule has 4 aromatic rings. The first-order valence-electron chi connectivity index (χ1n) is 7.95. The summed E-state index contributed by atoms with van der Waals surface area (Å²) >= 11 is 0. The molecule has 0 amide bonds. The Morgan fingerprint density at radius 3 is 1.35 bits per heavy atom. The van der Waals surface area contributed by atoms with Crippen molar-refractivity contribution in [2.24, 2.45) is 0 Å². The highest BCUT2D eigenvalue weighted by molar-refractivity contribution is 5.89. The van der Waals surface area contributed by atoms with Crippen molar-refractivity contribution in [1.82, 2.24) is 0 Å². The molecule has 0 unspecified atom stereocenters. The summed E-state index contributed by atoms with van der Waals surface area (Å²) in [6, 6.07) is 27.7. The lowest BCUT2D eigenvalue weighted by atomic mass is 10.1. The molecule has 132 valence electrons. The van der Waals surface area contributed by atoms with Gasteiger partial charge in [0.1, 0.15) is 23.0 Å². The van der Waals surface area contributed by atoms with E-state index >= 15 is 0 Å². The van der Waals surface area contributed by atoms with Gasteiger partial charge in [-0.2, -0.15) is 0 Å². The van der Waals surface area contributed by atoms with E-state index in [1.807, 2.05) is 36.4 Å². The average Bonchev–Trinajstić information content (AvgIpc) is 2.64. The number of phenolic OH excluding ortho intramolecular Hbond substituents is 4. The maximum Gasteiger partial charge on any atom is 0.127 e. The van der Waals surface area contributed by atoms with Gasteiger partial charge in [0.15, 0.2) is 0 Å². The summed E-state index contributed by atoms with van der Waals surface area (Å²) in [7, 11) is 0. The summed E-state index contributed by atoms with van der Waals surface area (Å²) in [6.45, 7) is 0. The fourth-order valence-electron chi connectivity index (χ4n) is 2.13. The number of hydrogen-bond acceptors (Lipinski definition) is 4. The number of fused-ring (bicyclic) bond motifs is 1. The molecular formula is C22H20O4. The van der Waals surface area contributed by atoms with Crippen molar-refractivity contribution >= 4 is 10.8 Å². The molecule has 0 radical (unpaired) electrons. The van der Waals surface area contributed by atoms with E-state index in [1.54, 1.807) is 54.6 Å². The molecular weight excluding hydrogens is 328 g/mol. The minimum Gasteiger partial charge on any atom is -0.508 e. The van der Waals surface area contributed by atoms with Gasteiger partial charge in [-0.15, -0.1) is 0 Å². The predicted octanol–water partition coefficient (Wildman–Crippen LogP) is 5.04. The third-order valence-electron chi connectivity index (χ3n) is 3.34. The van der Waals surface area contributed by atoms with Crippen molar-refractivity contribution in [2.75, 3.05) is 0 Å². The SMILES string of the molecule is Oc1cc(O)c2ccccc2c1.Oc1ccccc1.Oc1ccccc1. The second-order valence-electron chi connectivity index (χ2n) is 5.36. The Morgan fingerprint density at radius 2 is 0.885 bits per heavy atom. The van der Waals surface area contributed by atoms with E-state index in [0.717, 1.165) is 10.8 Å². The Kier molecular flexibility index (Phi) is 6.89. The summed E-state index contributed by atoms with van der Waals surface area (Å²) in [4.78, 5) is 0. The molecule has 0 aromatic heterocycles. The lowest BCUT2D eigenvalue weighted by Gasteiger charge is -2.00. The standard InChI is InChI=1S/C10H8O2.2C6H6O/c11-8-5-7-3-1-2-4-9(7)10(12)6-8;2*7-6-4-2-1-3-5-6/h1-6,11-12H;2*1-5,7H. The molecule has 0 spiro atoms. The van der Waals surface area contributed by atoms with Gasteiger partial charge in [-0.05, 0) is 35.7 Å². The predicted molar refractivity (Wildman–Crippen MR) is 103 cm³/mol. The number of hydrogen-bond donors (Lipinski definition) is 4. The molecule has 4 rings (SSSR count). The first kappa shape index (κ1) is 18.7. The van der Waals surface area contributed by atoms with Gasteiger partial charge in [-0.3, -0.25) is 0 Å². The van der Waals surface area contributed by atoms with Crippen LogP contribution < -0.4 is 0 Å². The monoisotopic (exact) mass is 348 g/mol. The van der Waals surface area contributed by atoms with Crippen LogP contribution in [0.25, 0.3) is 10.8 Å².